The maximum Gasteiger partial charge on any atom is 0.329 e. The Morgan fingerprint density at radius 3 is 2.52 bits per heavy atom. The molecular formula is C17H16N4O4. The number of hydrazone groups is 1. The Balaban J connectivity index is 1.90. The normalized spacial score (nSPS) is 11.7. The van der Waals surface area contributed by atoms with Gasteiger partial charge in [-0.1, -0.05) is 42.5 Å². The molecule has 2 rings (SSSR count). The molecule has 8 nitrogen and oxygen atoms in total. The third-order valence-corrected chi connectivity index (χ3v) is 3.31. The monoisotopic (exact) mass is 340 g/mol. The molecule has 2 amide bonds. The van der Waals surface area contributed by atoms with Gasteiger partial charge in [0.25, 0.3) is 5.69 Å². The van der Waals surface area contributed by atoms with Crippen LogP contribution < -0.4 is 10.7 Å². The molecule has 25 heavy (non-hydrogen) atoms. The Kier molecular flexibility index (Phi) is 5.94. The van der Waals surface area contributed by atoms with Crippen LogP contribution in [0.4, 0.5) is 5.69 Å². The molecule has 0 fully saturated rings. The highest BCUT2D eigenvalue weighted by Crippen LogP contribution is 2.12. The number of nitrogens with one attached hydrogen (secondary N) is 2. The molecule has 0 aliphatic carbocycles. The Hall–Kier alpha value is -3.55. The van der Waals surface area contributed by atoms with E-state index in [9.17, 15) is 19.7 Å². The van der Waals surface area contributed by atoms with E-state index in [-0.39, 0.29) is 11.7 Å². The molecule has 2 N–H and O–H groups in total. The second-order valence-corrected chi connectivity index (χ2v) is 5.16. The topological polar surface area (TPSA) is 114 Å². The lowest BCUT2D eigenvalue weighted by Gasteiger charge is -2.13. The summed E-state index contributed by atoms with van der Waals surface area (Å²) in [5.41, 5.74) is 3.28. The van der Waals surface area contributed by atoms with Crippen molar-refractivity contribution >= 4 is 23.7 Å². The fourth-order valence-corrected chi connectivity index (χ4v) is 2.02. The predicted molar refractivity (Wildman–Crippen MR) is 91.8 cm³/mol. The number of nitro benzene ring substituents is 1. The summed E-state index contributed by atoms with van der Waals surface area (Å²) in [5, 5.41) is 16.9. The van der Waals surface area contributed by atoms with E-state index in [1.165, 1.54) is 24.4 Å². The zero-order valence-corrected chi connectivity index (χ0v) is 13.4. The summed E-state index contributed by atoms with van der Waals surface area (Å²) in [4.78, 5) is 33.7. The van der Waals surface area contributed by atoms with E-state index in [4.69, 9.17) is 0 Å². The van der Waals surface area contributed by atoms with Crippen molar-refractivity contribution in [2.45, 2.75) is 13.0 Å². The summed E-state index contributed by atoms with van der Waals surface area (Å²) >= 11 is 0. The lowest BCUT2D eigenvalue weighted by molar-refractivity contribution is -0.384. The number of amides is 2. The van der Waals surface area contributed by atoms with Crippen molar-refractivity contribution in [1.29, 1.82) is 0 Å². The Bertz CT molecular complexity index is 805. The minimum atomic E-state index is -0.926. The summed E-state index contributed by atoms with van der Waals surface area (Å²) in [5.74, 6) is -1.75. The molecule has 2 aromatic rings. The molecule has 0 aliphatic rings. The summed E-state index contributed by atoms with van der Waals surface area (Å²) in [6.45, 7) is 1.76. The average Bonchev–Trinajstić information content (AvgIpc) is 2.62. The summed E-state index contributed by atoms with van der Waals surface area (Å²) in [6.07, 6.45) is 1.22. The van der Waals surface area contributed by atoms with E-state index in [1.54, 1.807) is 13.0 Å². The van der Waals surface area contributed by atoms with Gasteiger partial charge in [0.2, 0.25) is 0 Å². The average molecular weight is 340 g/mol. The molecule has 1 unspecified atom stereocenters. The molecule has 1 atom stereocenters. The Morgan fingerprint density at radius 1 is 1.12 bits per heavy atom. The summed E-state index contributed by atoms with van der Waals surface area (Å²) in [6, 6.07) is 14.6. The highest BCUT2D eigenvalue weighted by molar-refractivity contribution is 6.35. The molecule has 0 saturated carbocycles. The van der Waals surface area contributed by atoms with Crippen molar-refractivity contribution in [3.05, 3.63) is 75.8 Å². The van der Waals surface area contributed by atoms with Gasteiger partial charge in [-0.2, -0.15) is 5.10 Å². The fourth-order valence-electron chi connectivity index (χ4n) is 2.02. The first kappa shape index (κ1) is 17.8. The third-order valence-electron chi connectivity index (χ3n) is 3.31. The van der Waals surface area contributed by atoms with Gasteiger partial charge in [0.1, 0.15) is 0 Å². The van der Waals surface area contributed by atoms with Crippen LogP contribution >= 0.6 is 0 Å². The van der Waals surface area contributed by atoms with Crippen molar-refractivity contribution in [3.8, 4) is 0 Å². The number of hydrogen-bond donors (Lipinski definition) is 2. The molecule has 2 aromatic carbocycles. The third kappa shape index (κ3) is 5.24. The van der Waals surface area contributed by atoms with Crippen molar-refractivity contribution in [1.82, 2.24) is 10.7 Å². The predicted octanol–water partition coefficient (Wildman–Crippen LogP) is 1.92. The van der Waals surface area contributed by atoms with E-state index in [0.29, 0.717) is 5.56 Å². The van der Waals surface area contributed by atoms with Gasteiger partial charge in [0.05, 0.1) is 17.2 Å². The van der Waals surface area contributed by atoms with Crippen LogP contribution in [-0.4, -0.2) is 23.0 Å². The van der Waals surface area contributed by atoms with Crippen LogP contribution in [0.25, 0.3) is 0 Å². The molecule has 0 heterocycles. The molecule has 0 aliphatic heterocycles. The number of rotatable bonds is 5. The van der Waals surface area contributed by atoms with Gasteiger partial charge in [0, 0.05) is 17.7 Å². The van der Waals surface area contributed by atoms with Gasteiger partial charge in [-0.15, -0.1) is 0 Å². The molecule has 0 radical (unpaired) electrons. The number of nitro groups is 1. The van der Waals surface area contributed by atoms with Gasteiger partial charge in [-0.25, -0.2) is 5.43 Å². The zero-order chi connectivity index (χ0) is 18.2. The van der Waals surface area contributed by atoms with Gasteiger partial charge >= 0.3 is 11.8 Å². The quantitative estimate of drug-likeness (QED) is 0.374. The number of nitrogens with zero attached hydrogens (tertiary/aromatic N) is 2. The zero-order valence-electron chi connectivity index (χ0n) is 13.4. The number of hydrogen-bond acceptors (Lipinski definition) is 5. The van der Waals surface area contributed by atoms with E-state index in [0.717, 1.165) is 5.56 Å². The van der Waals surface area contributed by atoms with E-state index >= 15 is 0 Å². The fraction of sp³-hybridized carbons (Fsp3) is 0.118. The van der Waals surface area contributed by atoms with Crippen LogP contribution in [0.15, 0.2) is 59.7 Å². The molecule has 0 aromatic heterocycles. The number of non-ortho nitro benzene ring substituents is 1. The molecular weight excluding hydrogens is 324 g/mol. The number of carbonyl (C=O) groups is 2. The standard InChI is InChI=1S/C17H16N4O4/c1-12(14-7-3-2-4-8-14)19-16(22)17(23)20-18-11-13-6-5-9-15(10-13)21(24)25/h2-12H,1H3,(H,19,22)(H,20,23)/b18-11-. The van der Waals surface area contributed by atoms with Gasteiger partial charge in [-0.05, 0) is 12.5 Å². The Labute approximate surface area is 143 Å². The highest BCUT2D eigenvalue weighted by Gasteiger charge is 2.16. The summed E-state index contributed by atoms with van der Waals surface area (Å²) < 4.78 is 0. The lowest BCUT2D eigenvalue weighted by Crippen LogP contribution is -2.39. The minimum absolute atomic E-state index is 0.0929. The second kappa shape index (κ2) is 8.34. The summed E-state index contributed by atoms with van der Waals surface area (Å²) in [7, 11) is 0. The first-order valence-corrected chi connectivity index (χ1v) is 7.40. The van der Waals surface area contributed by atoms with Crippen molar-refractivity contribution < 1.29 is 14.5 Å². The lowest BCUT2D eigenvalue weighted by atomic mass is 10.1. The van der Waals surface area contributed by atoms with Crippen LogP contribution in [-0.2, 0) is 9.59 Å². The first-order chi connectivity index (χ1) is 12.0. The van der Waals surface area contributed by atoms with Crippen molar-refractivity contribution in [2.24, 2.45) is 5.10 Å². The molecule has 0 spiro atoms. The van der Waals surface area contributed by atoms with Crippen molar-refractivity contribution in [2.75, 3.05) is 0 Å². The maximum absolute atomic E-state index is 11.8. The van der Waals surface area contributed by atoms with Gasteiger partial charge in [-0.3, -0.25) is 19.7 Å². The second-order valence-electron chi connectivity index (χ2n) is 5.16. The van der Waals surface area contributed by atoms with Crippen molar-refractivity contribution in [3.63, 3.8) is 0 Å². The molecule has 128 valence electrons. The molecule has 8 heteroatoms. The van der Waals surface area contributed by atoms with E-state index in [2.05, 4.69) is 15.8 Å². The van der Waals surface area contributed by atoms with Crippen LogP contribution in [0.2, 0.25) is 0 Å². The minimum Gasteiger partial charge on any atom is -0.341 e. The smallest absolute Gasteiger partial charge is 0.329 e. The first-order valence-electron chi connectivity index (χ1n) is 7.40. The van der Waals surface area contributed by atoms with E-state index < -0.39 is 16.7 Å². The molecule has 0 saturated heterocycles. The SMILES string of the molecule is CC(NC(=O)C(=O)N/N=C\c1cccc([N+](=O)[O-])c1)c1ccccc1. The van der Waals surface area contributed by atoms with Crippen LogP contribution in [0, 0.1) is 10.1 Å². The van der Waals surface area contributed by atoms with Crippen LogP contribution in [0.5, 0.6) is 0 Å². The van der Waals surface area contributed by atoms with Crippen LogP contribution in [0.3, 0.4) is 0 Å². The number of carbonyl (C=O) groups excluding carboxylic acids is 2. The van der Waals surface area contributed by atoms with Crippen LogP contribution in [0.1, 0.15) is 24.1 Å². The number of benzene rings is 2. The maximum atomic E-state index is 11.8. The largest absolute Gasteiger partial charge is 0.341 e. The Morgan fingerprint density at radius 2 is 1.84 bits per heavy atom. The van der Waals surface area contributed by atoms with Gasteiger partial charge in [0.15, 0.2) is 0 Å². The van der Waals surface area contributed by atoms with E-state index in [1.807, 2.05) is 30.3 Å². The highest BCUT2D eigenvalue weighted by atomic mass is 16.6. The van der Waals surface area contributed by atoms with Gasteiger partial charge < -0.3 is 5.32 Å². The molecule has 0 bridgehead atoms.